The second-order valence-electron chi connectivity index (χ2n) is 7.65. The number of pyridine rings is 1. The first-order valence-corrected chi connectivity index (χ1v) is 11.4. The van der Waals surface area contributed by atoms with Gasteiger partial charge in [0.25, 0.3) is 0 Å². The van der Waals surface area contributed by atoms with E-state index in [4.69, 9.17) is 4.74 Å². The Morgan fingerprint density at radius 3 is 1.67 bits per heavy atom. The van der Waals surface area contributed by atoms with E-state index in [1.54, 1.807) is 24.4 Å². The van der Waals surface area contributed by atoms with Crippen molar-refractivity contribution in [1.29, 1.82) is 0 Å². The van der Waals surface area contributed by atoms with Crippen LogP contribution in [-0.2, 0) is 4.74 Å². The van der Waals surface area contributed by atoms with Gasteiger partial charge in [0.05, 0.1) is 6.61 Å². The van der Waals surface area contributed by atoms with Crippen LogP contribution < -0.4 is 0 Å². The normalized spacial score (nSPS) is 10.9. The molecule has 0 radical (unpaired) electrons. The van der Waals surface area contributed by atoms with Crippen molar-refractivity contribution in [2.75, 3.05) is 6.61 Å². The zero-order valence-electron chi connectivity index (χ0n) is 17.6. The molecule has 3 nitrogen and oxygen atoms in total. The molecule has 1 heterocycles. The van der Waals surface area contributed by atoms with Gasteiger partial charge in [0.1, 0.15) is 5.69 Å². The van der Waals surface area contributed by atoms with Crippen LogP contribution in [-0.4, -0.2) is 17.6 Å². The summed E-state index contributed by atoms with van der Waals surface area (Å²) >= 11 is 0. The van der Waals surface area contributed by atoms with Gasteiger partial charge in [-0.05, 0) is 18.6 Å². The van der Waals surface area contributed by atoms with Crippen molar-refractivity contribution in [2.45, 2.75) is 110 Å². The lowest BCUT2D eigenvalue weighted by molar-refractivity contribution is 0.0491. The van der Waals surface area contributed by atoms with Crippen LogP contribution in [0.1, 0.15) is 120 Å². The van der Waals surface area contributed by atoms with Crippen molar-refractivity contribution >= 4 is 5.97 Å². The molecule has 0 aliphatic rings. The van der Waals surface area contributed by atoms with Gasteiger partial charge >= 0.3 is 5.97 Å². The van der Waals surface area contributed by atoms with E-state index in [1.165, 1.54) is 89.9 Å². The van der Waals surface area contributed by atoms with Gasteiger partial charge in [-0.15, -0.1) is 0 Å². The fourth-order valence-corrected chi connectivity index (χ4v) is 3.37. The number of aromatic nitrogens is 1. The first-order chi connectivity index (χ1) is 13.3. The van der Waals surface area contributed by atoms with Gasteiger partial charge in [0, 0.05) is 6.20 Å². The monoisotopic (exact) mass is 375 g/mol. The predicted molar refractivity (Wildman–Crippen MR) is 114 cm³/mol. The van der Waals surface area contributed by atoms with Gasteiger partial charge in [-0.1, -0.05) is 109 Å². The molecule has 0 amide bonds. The largest absolute Gasteiger partial charge is 0.461 e. The summed E-state index contributed by atoms with van der Waals surface area (Å²) in [4.78, 5) is 15.7. The maximum atomic E-state index is 11.7. The van der Waals surface area contributed by atoms with Gasteiger partial charge in [0.2, 0.25) is 0 Å². The molecule has 1 rings (SSSR count). The number of unbranched alkanes of at least 4 members (excludes halogenated alkanes) is 15. The first kappa shape index (κ1) is 23.7. The summed E-state index contributed by atoms with van der Waals surface area (Å²) < 4.78 is 5.25. The minimum atomic E-state index is -0.309. The van der Waals surface area contributed by atoms with Crippen LogP contribution in [0.2, 0.25) is 0 Å². The molecule has 0 saturated heterocycles. The van der Waals surface area contributed by atoms with Gasteiger partial charge in [-0.2, -0.15) is 0 Å². The number of esters is 1. The molecule has 1 aromatic rings. The van der Waals surface area contributed by atoms with Crippen molar-refractivity contribution in [3.63, 3.8) is 0 Å². The molecular formula is C24H41NO2. The summed E-state index contributed by atoms with van der Waals surface area (Å²) in [5, 5.41) is 0. The van der Waals surface area contributed by atoms with Gasteiger partial charge in [-0.25, -0.2) is 9.78 Å². The topological polar surface area (TPSA) is 39.2 Å². The van der Waals surface area contributed by atoms with Crippen LogP contribution in [0, 0.1) is 0 Å². The summed E-state index contributed by atoms with van der Waals surface area (Å²) in [5.74, 6) is -0.309. The number of nitrogens with zero attached hydrogens (tertiary/aromatic N) is 1. The Kier molecular flexibility index (Phi) is 15.8. The highest BCUT2D eigenvalue weighted by molar-refractivity contribution is 5.87. The summed E-state index contributed by atoms with van der Waals surface area (Å²) in [7, 11) is 0. The average Bonchev–Trinajstić information content (AvgIpc) is 2.70. The molecule has 0 unspecified atom stereocenters. The molecule has 1 aromatic heterocycles. The molecular weight excluding hydrogens is 334 g/mol. The smallest absolute Gasteiger partial charge is 0.356 e. The van der Waals surface area contributed by atoms with Crippen molar-refractivity contribution in [1.82, 2.24) is 4.98 Å². The number of ether oxygens (including phenoxy) is 1. The second kappa shape index (κ2) is 18.0. The lowest BCUT2D eigenvalue weighted by atomic mass is 10.0. The van der Waals surface area contributed by atoms with Crippen LogP contribution in [0.15, 0.2) is 24.4 Å². The highest BCUT2D eigenvalue weighted by Crippen LogP contribution is 2.13. The summed E-state index contributed by atoms with van der Waals surface area (Å²) in [5.41, 5.74) is 0.397. The minimum absolute atomic E-state index is 0.309. The molecule has 0 fully saturated rings. The molecule has 0 atom stereocenters. The van der Waals surface area contributed by atoms with E-state index >= 15 is 0 Å². The third-order valence-electron chi connectivity index (χ3n) is 5.11. The van der Waals surface area contributed by atoms with Crippen LogP contribution in [0.4, 0.5) is 0 Å². The van der Waals surface area contributed by atoms with E-state index in [2.05, 4.69) is 11.9 Å². The Labute approximate surface area is 167 Å². The molecule has 27 heavy (non-hydrogen) atoms. The Morgan fingerprint density at radius 1 is 0.741 bits per heavy atom. The Morgan fingerprint density at radius 2 is 1.22 bits per heavy atom. The number of hydrogen-bond donors (Lipinski definition) is 0. The van der Waals surface area contributed by atoms with Crippen molar-refractivity contribution in [2.24, 2.45) is 0 Å². The highest BCUT2D eigenvalue weighted by atomic mass is 16.5. The molecule has 0 aromatic carbocycles. The molecule has 0 spiro atoms. The maximum Gasteiger partial charge on any atom is 0.356 e. The molecule has 0 aliphatic heterocycles. The fourth-order valence-electron chi connectivity index (χ4n) is 3.37. The molecule has 0 aliphatic carbocycles. The van der Waals surface area contributed by atoms with Crippen LogP contribution in [0.25, 0.3) is 0 Å². The Bertz CT molecular complexity index is 447. The fraction of sp³-hybridized carbons (Fsp3) is 0.750. The SMILES string of the molecule is CCCCCCCCCCCCCCCCCCOC(=O)c1ccccn1. The van der Waals surface area contributed by atoms with E-state index in [9.17, 15) is 4.79 Å². The van der Waals surface area contributed by atoms with Crippen LogP contribution >= 0.6 is 0 Å². The molecule has 154 valence electrons. The van der Waals surface area contributed by atoms with E-state index in [1.807, 2.05) is 0 Å². The van der Waals surface area contributed by atoms with Crippen LogP contribution in [0.3, 0.4) is 0 Å². The van der Waals surface area contributed by atoms with E-state index in [0.29, 0.717) is 12.3 Å². The predicted octanol–water partition coefficient (Wildman–Crippen LogP) is 7.50. The summed E-state index contributed by atoms with van der Waals surface area (Å²) in [6.07, 6.45) is 23.2. The first-order valence-electron chi connectivity index (χ1n) is 11.4. The minimum Gasteiger partial charge on any atom is -0.461 e. The quantitative estimate of drug-likeness (QED) is 0.197. The standard InChI is InChI=1S/C24H41NO2/c1-2-3-4-5-6-7-8-9-10-11-12-13-14-15-16-19-22-27-24(26)23-20-17-18-21-25-23/h17-18,20-21H,2-16,19,22H2,1H3. The zero-order chi connectivity index (χ0) is 19.4. The summed E-state index contributed by atoms with van der Waals surface area (Å²) in [6, 6.07) is 5.29. The van der Waals surface area contributed by atoms with Crippen LogP contribution in [0.5, 0.6) is 0 Å². The van der Waals surface area contributed by atoms with Crippen molar-refractivity contribution in [3.05, 3.63) is 30.1 Å². The van der Waals surface area contributed by atoms with Gasteiger partial charge in [0.15, 0.2) is 0 Å². The number of hydrogen-bond acceptors (Lipinski definition) is 3. The highest BCUT2D eigenvalue weighted by Gasteiger charge is 2.06. The van der Waals surface area contributed by atoms with E-state index < -0.39 is 0 Å². The van der Waals surface area contributed by atoms with Gasteiger partial charge < -0.3 is 4.74 Å². The third-order valence-corrected chi connectivity index (χ3v) is 5.11. The Hall–Kier alpha value is -1.38. The Balaban J connectivity index is 1.75. The molecule has 0 saturated carbocycles. The third kappa shape index (κ3) is 14.4. The number of rotatable bonds is 18. The molecule has 0 N–H and O–H groups in total. The lowest BCUT2D eigenvalue weighted by Gasteiger charge is -2.05. The molecule has 0 bridgehead atoms. The number of carbonyl (C=O) groups excluding carboxylic acids is 1. The maximum absolute atomic E-state index is 11.7. The lowest BCUT2D eigenvalue weighted by Crippen LogP contribution is -2.08. The average molecular weight is 376 g/mol. The van der Waals surface area contributed by atoms with Crippen molar-refractivity contribution < 1.29 is 9.53 Å². The molecule has 3 heteroatoms. The van der Waals surface area contributed by atoms with E-state index in [0.717, 1.165) is 12.8 Å². The van der Waals surface area contributed by atoms with Crippen molar-refractivity contribution in [3.8, 4) is 0 Å². The number of carbonyl (C=O) groups is 1. The zero-order valence-corrected chi connectivity index (χ0v) is 17.6. The summed E-state index contributed by atoms with van der Waals surface area (Å²) in [6.45, 7) is 2.79. The van der Waals surface area contributed by atoms with Gasteiger partial charge in [-0.3, -0.25) is 0 Å². The second-order valence-corrected chi connectivity index (χ2v) is 7.65. The van der Waals surface area contributed by atoms with E-state index in [-0.39, 0.29) is 5.97 Å².